The summed E-state index contributed by atoms with van der Waals surface area (Å²) in [6.07, 6.45) is 5.63. The highest BCUT2D eigenvalue weighted by atomic mass is 79.9. The number of halogens is 2. The zero-order valence-corrected chi connectivity index (χ0v) is 18.9. The molecule has 3 heteroatoms. The van der Waals surface area contributed by atoms with Gasteiger partial charge in [0.15, 0.2) is 0 Å². The Morgan fingerprint density at radius 3 is 1.38 bits per heavy atom. The molecule has 0 saturated carbocycles. The van der Waals surface area contributed by atoms with E-state index in [-0.39, 0.29) is 17.0 Å². The van der Waals surface area contributed by atoms with Gasteiger partial charge in [0, 0.05) is 4.83 Å². The molecule has 0 saturated heterocycles. The van der Waals surface area contributed by atoms with Crippen LogP contribution in [0.5, 0.6) is 0 Å². The highest BCUT2D eigenvalue weighted by Gasteiger charge is 2.43. The van der Waals surface area contributed by atoms with Crippen molar-refractivity contribution >= 4 is 39.1 Å². The van der Waals surface area contributed by atoms with Crippen molar-refractivity contribution in [3.63, 3.8) is 0 Å². The Balaban J connectivity index is 0.00000243. The smallest absolute Gasteiger partial charge is 0.115 e. The molecule has 1 unspecified atom stereocenters. The van der Waals surface area contributed by atoms with E-state index in [9.17, 15) is 0 Å². The molecular formula is C23H23Br2P. The van der Waals surface area contributed by atoms with Gasteiger partial charge in [0.2, 0.25) is 0 Å². The van der Waals surface area contributed by atoms with Crippen molar-refractivity contribution in [2.24, 2.45) is 0 Å². The summed E-state index contributed by atoms with van der Waals surface area (Å²) in [6.45, 7) is 2.16. The molecule has 0 heterocycles. The lowest BCUT2D eigenvalue weighted by molar-refractivity contribution is -0.00000478. The van der Waals surface area contributed by atoms with Gasteiger partial charge in [-0.05, 0) is 49.4 Å². The number of hydrogen-bond donors (Lipinski definition) is 0. The molecular weight excluding hydrogens is 467 g/mol. The van der Waals surface area contributed by atoms with Gasteiger partial charge in [0.25, 0.3) is 0 Å². The molecule has 0 nitrogen and oxygen atoms in total. The highest BCUT2D eigenvalue weighted by molar-refractivity contribution is 9.09. The fraction of sp³-hybridized carbons (Fsp3) is 0.130. The van der Waals surface area contributed by atoms with Crippen LogP contribution in [0.1, 0.15) is 6.92 Å². The van der Waals surface area contributed by atoms with Gasteiger partial charge in [-0.25, -0.2) is 0 Å². The summed E-state index contributed by atoms with van der Waals surface area (Å²) in [5.41, 5.74) is 0. The van der Waals surface area contributed by atoms with Crippen molar-refractivity contribution < 1.29 is 17.0 Å². The summed E-state index contributed by atoms with van der Waals surface area (Å²) >= 11 is 3.64. The predicted molar refractivity (Wildman–Crippen MR) is 118 cm³/mol. The Kier molecular flexibility index (Phi) is 8.28. The van der Waals surface area contributed by atoms with Crippen molar-refractivity contribution in [3.05, 3.63) is 103 Å². The van der Waals surface area contributed by atoms with E-state index in [1.54, 1.807) is 0 Å². The van der Waals surface area contributed by atoms with Gasteiger partial charge in [-0.2, -0.15) is 0 Å². The molecule has 26 heavy (non-hydrogen) atoms. The first kappa shape index (κ1) is 21.1. The Morgan fingerprint density at radius 2 is 1.08 bits per heavy atom. The Morgan fingerprint density at radius 1 is 0.731 bits per heavy atom. The minimum absolute atomic E-state index is 0. The highest BCUT2D eigenvalue weighted by Crippen LogP contribution is 2.55. The third-order valence-electron chi connectivity index (χ3n) is 4.37. The maximum Gasteiger partial charge on any atom is 0.115 e. The van der Waals surface area contributed by atoms with Crippen LogP contribution in [-0.2, 0) is 0 Å². The SMILES string of the molecule is CC(Br)/C=C/C[P+](c1ccccc1)(c1ccccc1)c1ccccc1.[Br-]. The number of alkyl halides is 1. The predicted octanol–water partition coefficient (Wildman–Crippen LogP) is 2.32. The first-order valence-electron chi connectivity index (χ1n) is 8.59. The number of benzene rings is 3. The number of allylic oxidation sites excluding steroid dienone is 2. The quantitative estimate of drug-likeness (QED) is 0.283. The molecule has 3 aromatic rings. The second-order valence-electron chi connectivity index (χ2n) is 6.10. The van der Waals surface area contributed by atoms with Crippen molar-refractivity contribution in [2.45, 2.75) is 11.8 Å². The molecule has 0 aromatic heterocycles. The van der Waals surface area contributed by atoms with E-state index in [1.807, 2.05) is 0 Å². The van der Waals surface area contributed by atoms with Gasteiger partial charge in [-0.3, -0.25) is 0 Å². The zero-order chi connectivity index (χ0) is 17.5. The maximum absolute atomic E-state index is 3.64. The first-order valence-corrected chi connectivity index (χ1v) is 11.5. The minimum Gasteiger partial charge on any atom is -1.00 e. The van der Waals surface area contributed by atoms with Crippen LogP contribution >= 0.6 is 23.2 Å². The second-order valence-corrected chi connectivity index (χ2v) is 11.1. The fourth-order valence-corrected chi connectivity index (χ4v) is 7.44. The molecule has 0 N–H and O–H groups in total. The summed E-state index contributed by atoms with van der Waals surface area (Å²) in [5, 5.41) is 4.29. The van der Waals surface area contributed by atoms with Gasteiger partial charge in [-0.1, -0.05) is 76.6 Å². The van der Waals surface area contributed by atoms with Gasteiger partial charge in [0.1, 0.15) is 23.2 Å². The molecule has 0 radical (unpaired) electrons. The lowest BCUT2D eigenvalue weighted by Gasteiger charge is -2.26. The van der Waals surface area contributed by atoms with Crippen LogP contribution in [-0.4, -0.2) is 11.0 Å². The van der Waals surface area contributed by atoms with Crippen LogP contribution in [0.2, 0.25) is 0 Å². The van der Waals surface area contributed by atoms with E-state index < -0.39 is 7.26 Å². The van der Waals surface area contributed by atoms with E-state index in [0.717, 1.165) is 6.16 Å². The molecule has 0 bridgehead atoms. The molecule has 3 rings (SSSR count). The monoisotopic (exact) mass is 488 g/mol. The third-order valence-corrected chi connectivity index (χ3v) is 8.97. The van der Waals surface area contributed by atoms with Crippen LogP contribution in [0.3, 0.4) is 0 Å². The normalized spacial score (nSPS) is 12.5. The topological polar surface area (TPSA) is 0 Å². The van der Waals surface area contributed by atoms with Crippen LogP contribution in [0.15, 0.2) is 103 Å². The van der Waals surface area contributed by atoms with Crippen molar-refractivity contribution in [2.75, 3.05) is 6.16 Å². The Bertz CT molecular complexity index is 703. The summed E-state index contributed by atoms with van der Waals surface area (Å²) in [4.78, 5) is 0.386. The molecule has 0 fully saturated rings. The largest absolute Gasteiger partial charge is 1.00 e. The molecule has 0 aliphatic rings. The fourth-order valence-electron chi connectivity index (χ4n) is 3.22. The summed E-state index contributed by atoms with van der Waals surface area (Å²) in [6, 6.07) is 33.0. The van der Waals surface area contributed by atoms with Crippen LogP contribution in [0.4, 0.5) is 0 Å². The number of hydrogen-bond acceptors (Lipinski definition) is 0. The van der Waals surface area contributed by atoms with Crippen LogP contribution in [0, 0.1) is 0 Å². The standard InChI is InChI=1S/C23H23BrP.BrH/c1-20(24)12-11-19-25(21-13-5-2-6-14-21,22-15-7-3-8-16-22)23-17-9-4-10-18-23;/h2-18,20H,19H2,1H3;1H/q+1;/p-1/b12-11+;. The Hall–Kier alpha value is -1.21. The number of rotatable bonds is 6. The van der Waals surface area contributed by atoms with Crippen molar-refractivity contribution in [3.8, 4) is 0 Å². The average molecular weight is 490 g/mol. The van der Waals surface area contributed by atoms with E-state index in [1.165, 1.54) is 15.9 Å². The van der Waals surface area contributed by atoms with Crippen molar-refractivity contribution in [1.82, 2.24) is 0 Å². The van der Waals surface area contributed by atoms with Gasteiger partial charge >= 0.3 is 0 Å². The first-order chi connectivity index (χ1) is 12.2. The lowest BCUT2D eigenvalue weighted by Crippen LogP contribution is -3.00. The van der Waals surface area contributed by atoms with Crippen LogP contribution in [0.25, 0.3) is 0 Å². The average Bonchev–Trinajstić information content (AvgIpc) is 2.67. The molecule has 3 aromatic carbocycles. The third kappa shape index (κ3) is 4.74. The van der Waals surface area contributed by atoms with Crippen LogP contribution < -0.4 is 32.9 Å². The summed E-state index contributed by atoms with van der Waals surface area (Å²) in [5.74, 6) is 0. The minimum atomic E-state index is -1.72. The second kappa shape index (κ2) is 10.2. The Labute approximate surface area is 176 Å². The molecule has 0 aliphatic carbocycles. The molecule has 134 valence electrons. The summed E-state index contributed by atoms with van der Waals surface area (Å²) < 4.78 is 0. The molecule has 0 aliphatic heterocycles. The maximum atomic E-state index is 3.64. The molecule has 0 amide bonds. The van der Waals surface area contributed by atoms with Crippen molar-refractivity contribution in [1.29, 1.82) is 0 Å². The van der Waals surface area contributed by atoms with E-state index >= 15 is 0 Å². The molecule has 0 spiro atoms. The van der Waals surface area contributed by atoms with Gasteiger partial charge in [-0.15, -0.1) is 0 Å². The zero-order valence-electron chi connectivity index (χ0n) is 14.8. The van der Waals surface area contributed by atoms with E-state index in [0.29, 0.717) is 4.83 Å². The van der Waals surface area contributed by atoms with E-state index in [4.69, 9.17) is 0 Å². The summed E-state index contributed by atoms with van der Waals surface area (Å²) in [7, 11) is -1.72. The molecule has 1 atom stereocenters. The van der Waals surface area contributed by atoms with Gasteiger partial charge < -0.3 is 17.0 Å². The van der Waals surface area contributed by atoms with Gasteiger partial charge in [0.05, 0.1) is 6.16 Å². The lowest BCUT2D eigenvalue weighted by atomic mass is 10.4. The van der Waals surface area contributed by atoms with E-state index in [2.05, 4.69) is 126 Å².